The maximum atomic E-state index is 14.0. The third-order valence-electron chi connectivity index (χ3n) is 10.9. The highest BCUT2D eigenvalue weighted by molar-refractivity contribution is 7.80. The van der Waals surface area contributed by atoms with Crippen LogP contribution in [0.15, 0.2) is 0 Å². The standard InChI is InChI=1S/C45H82N14O13S/c1-23(2)17-30(42(69)51-25(5)38(65)58-33(21-60)26(6)61)55-40(67)28(12-8-10-16-47)53-43(70)31(18-24(3)4)56-45(72)34(22-73)59-44(71)32(19-36(50)63)57-41(68)29(13-14-35(49)62)54-39(66)27(11-7-9-15-46)52-37(64)20-48/h21,23-34,61,73H,7-20,22,46-48H2,1-6H3,(H2,49,62)(H2,50,63)(H,51,69)(H,52,64)(H,53,70)(H,54,66)(H,55,67)(H,56,72)(H,57,68)(H,58,65)(H,59,71)/t25-,26+,27-,28-,29-,30-,31-,32-,33+,34-/m0/s1. The van der Waals surface area contributed by atoms with Crippen LogP contribution in [0, 0.1) is 11.8 Å². The SMILES string of the molecule is CC(C)C[C@H](NC(=O)[C@H](CCCCN)NC(=O)[C@H](CC(C)C)NC(=O)[C@H](CS)NC(=O)[C@H](CC(N)=O)NC(=O)[C@H](CCC(N)=O)NC(=O)[C@H](CCCCN)NC(=O)CN)C(=O)N[C@@H](C)C(=O)N[C@H](C=O)[C@@H](C)O. The topological polar surface area (TPSA) is 463 Å². The molecule has 11 amide bonds. The fraction of sp³-hybridized carbons (Fsp3) is 0.733. The van der Waals surface area contributed by atoms with E-state index < -0.39 is 145 Å². The minimum Gasteiger partial charge on any atom is -0.391 e. The Hall–Kier alpha value is -5.97. The summed E-state index contributed by atoms with van der Waals surface area (Å²) < 4.78 is 0. The molecule has 27 nitrogen and oxygen atoms in total. The lowest BCUT2D eigenvalue weighted by Gasteiger charge is -2.28. The first-order valence-electron chi connectivity index (χ1n) is 24.4. The van der Waals surface area contributed by atoms with Crippen molar-refractivity contribution >= 4 is 83.9 Å². The zero-order chi connectivity index (χ0) is 56.0. The normalized spacial score (nSPS) is 15.2. The number of rotatable bonds is 38. The molecule has 0 saturated heterocycles. The molecule has 0 aliphatic heterocycles. The summed E-state index contributed by atoms with van der Waals surface area (Å²) in [5.41, 5.74) is 27.4. The molecule has 0 saturated carbocycles. The van der Waals surface area contributed by atoms with Gasteiger partial charge in [-0.15, -0.1) is 0 Å². The van der Waals surface area contributed by atoms with Crippen molar-refractivity contribution in [2.24, 2.45) is 40.5 Å². The largest absolute Gasteiger partial charge is 0.391 e. The van der Waals surface area contributed by atoms with Crippen LogP contribution in [0.2, 0.25) is 0 Å². The van der Waals surface area contributed by atoms with Crippen LogP contribution in [0.1, 0.15) is 112 Å². The van der Waals surface area contributed by atoms with Crippen LogP contribution in [0.5, 0.6) is 0 Å². The minimum atomic E-state index is -1.76. The molecule has 20 N–H and O–H groups in total. The molecule has 0 radical (unpaired) electrons. The van der Waals surface area contributed by atoms with Crippen LogP contribution in [0.3, 0.4) is 0 Å². The zero-order valence-electron chi connectivity index (χ0n) is 42.8. The average molecular weight is 1060 g/mol. The van der Waals surface area contributed by atoms with Gasteiger partial charge in [0.2, 0.25) is 65.0 Å². The highest BCUT2D eigenvalue weighted by atomic mass is 32.1. The Kier molecular flexibility index (Phi) is 33.1. The van der Waals surface area contributed by atoms with Gasteiger partial charge in [-0.25, -0.2) is 0 Å². The second kappa shape index (κ2) is 36.0. The quantitative estimate of drug-likeness (QED) is 0.0156. The molecule has 0 rings (SSSR count). The number of primary amides is 2. The summed E-state index contributed by atoms with van der Waals surface area (Å²) in [6, 6.07) is -12.2. The van der Waals surface area contributed by atoms with E-state index >= 15 is 0 Å². The molecule has 0 unspecified atom stereocenters. The Labute approximate surface area is 431 Å². The van der Waals surface area contributed by atoms with Crippen LogP contribution in [0.4, 0.5) is 0 Å². The summed E-state index contributed by atoms with van der Waals surface area (Å²) in [5, 5.41) is 32.0. The molecule has 0 fully saturated rings. The van der Waals surface area contributed by atoms with Crippen molar-refractivity contribution in [1.82, 2.24) is 47.9 Å². The van der Waals surface area contributed by atoms with E-state index in [4.69, 9.17) is 28.7 Å². The summed E-state index contributed by atoms with van der Waals surface area (Å²) in [6.45, 7) is 9.83. The molecule has 0 aromatic heterocycles. The van der Waals surface area contributed by atoms with Gasteiger partial charge in [-0.1, -0.05) is 27.7 Å². The molecule has 10 atom stereocenters. The lowest BCUT2D eigenvalue weighted by molar-refractivity contribution is -0.136. The van der Waals surface area contributed by atoms with Crippen molar-refractivity contribution in [3.8, 4) is 0 Å². The summed E-state index contributed by atoms with van der Waals surface area (Å²) >= 11 is 4.21. The molecule has 28 heteroatoms. The number of hydrogen-bond acceptors (Lipinski definition) is 17. The molecule has 0 aliphatic rings. The first kappa shape index (κ1) is 67.0. The Morgan fingerprint density at radius 1 is 0.479 bits per heavy atom. The van der Waals surface area contributed by atoms with Gasteiger partial charge in [-0.3, -0.25) is 52.7 Å². The van der Waals surface area contributed by atoms with Gasteiger partial charge in [-0.05, 0) is 96.6 Å². The number of carbonyl (C=O) groups is 12. The van der Waals surface area contributed by atoms with E-state index in [2.05, 4.69) is 60.5 Å². The lowest BCUT2D eigenvalue weighted by atomic mass is 10.00. The third kappa shape index (κ3) is 27.6. The highest BCUT2D eigenvalue weighted by Crippen LogP contribution is 2.12. The Balaban J connectivity index is 6.50. The number of hydrogen-bond donors (Lipinski definition) is 16. The number of thiol groups is 1. The molecule has 0 aromatic rings. The summed E-state index contributed by atoms with van der Waals surface area (Å²) in [6.07, 6.45) is -0.486. The Morgan fingerprint density at radius 2 is 0.863 bits per heavy atom. The van der Waals surface area contributed by atoms with E-state index in [1.165, 1.54) is 13.8 Å². The number of carbonyl (C=O) groups excluding carboxylic acids is 12. The first-order chi connectivity index (χ1) is 34.2. The number of aliphatic hydroxyl groups is 1. The lowest BCUT2D eigenvalue weighted by Crippen LogP contribution is -2.61. The summed E-state index contributed by atoms with van der Waals surface area (Å²) in [4.78, 5) is 156. The molecule has 416 valence electrons. The van der Waals surface area contributed by atoms with Gasteiger partial charge in [0.05, 0.1) is 19.1 Å². The van der Waals surface area contributed by atoms with Crippen LogP contribution < -0.4 is 76.5 Å². The molecular weight excluding hydrogens is 977 g/mol. The third-order valence-corrected chi connectivity index (χ3v) is 11.3. The number of aldehydes is 1. The van der Waals surface area contributed by atoms with Crippen LogP contribution in [-0.4, -0.2) is 162 Å². The van der Waals surface area contributed by atoms with Crippen LogP contribution in [-0.2, 0) is 57.5 Å². The van der Waals surface area contributed by atoms with Gasteiger partial charge < -0.3 is 86.4 Å². The van der Waals surface area contributed by atoms with Crippen molar-refractivity contribution in [1.29, 1.82) is 0 Å². The monoisotopic (exact) mass is 1060 g/mol. The fourth-order valence-corrected chi connectivity index (χ4v) is 7.17. The number of nitrogens with two attached hydrogens (primary N) is 5. The molecule has 73 heavy (non-hydrogen) atoms. The molecule has 0 heterocycles. The molecule has 0 bridgehead atoms. The summed E-state index contributed by atoms with van der Waals surface area (Å²) in [5.74, 6) is -10.4. The smallest absolute Gasteiger partial charge is 0.244 e. The number of aliphatic hydroxyl groups excluding tert-OH is 1. The van der Waals surface area contributed by atoms with Gasteiger partial charge in [0, 0.05) is 12.2 Å². The Bertz CT molecular complexity index is 1860. The van der Waals surface area contributed by atoms with Crippen molar-refractivity contribution in [2.45, 2.75) is 173 Å². The molecule has 0 aromatic carbocycles. The van der Waals surface area contributed by atoms with Crippen LogP contribution in [0.25, 0.3) is 0 Å². The molecule has 0 aliphatic carbocycles. The maximum absolute atomic E-state index is 14.0. The van der Waals surface area contributed by atoms with Gasteiger partial charge in [0.1, 0.15) is 60.7 Å². The number of unbranched alkanes of at least 4 members (excludes halogenated alkanes) is 2. The highest BCUT2D eigenvalue weighted by Gasteiger charge is 2.35. The van der Waals surface area contributed by atoms with E-state index in [0.717, 1.165) is 0 Å². The van der Waals surface area contributed by atoms with Crippen molar-refractivity contribution in [3.05, 3.63) is 0 Å². The predicted molar refractivity (Wildman–Crippen MR) is 271 cm³/mol. The fourth-order valence-electron chi connectivity index (χ4n) is 6.91. The summed E-state index contributed by atoms with van der Waals surface area (Å²) in [7, 11) is 0. The van der Waals surface area contributed by atoms with Crippen LogP contribution >= 0.6 is 12.6 Å². The zero-order valence-corrected chi connectivity index (χ0v) is 43.7. The minimum absolute atomic E-state index is 0.0167. The predicted octanol–water partition coefficient (Wildman–Crippen LogP) is -5.67. The van der Waals surface area contributed by atoms with Crippen molar-refractivity contribution < 1.29 is 62.6 Å². The second-order valence-corrected chi connectivity index (χ2v) is 18.9. The number of nitrogens with one attached hydrogen (secondary N) is 9. The second-order valence-electron chi connectivity index (χ2n) is 18.5. The van der Waals surface area contributed by atoms with Gasteiger partial charge >= 0.3 is 0 Å². The molecule has 0 spiro atoms. The maximum Gasteiger partial charge on any atom is 0.244 e. The molecular formula is C45H82N14O13S. The van der Waals surface area contributed by atoms with E-state index in [1.54, 1.807) is 27.7 Å². The van der Waals surface area contributed by atoms with Gasteiger partial charge in [0.25, 0.3) is 0 Å². The van der Waals surface area contributed by atoms with E-state index in [9.17, 15) is 62.6 Å². The van der Waals surface area contributed by atoms with E-state index in [0.29, 0.717) is 38.5 Å². The van der Waals surface area contributed by atoms with Crippen molar-refractivity contribution in [3.63, 3.8) is 0 Å². The van der Waals surface area contributed by atoms with Gasteiger partial charge in [-0.2, -0.15) is 12.6 Å². The van der Waals surface area contributed by atoms with Crippen molar-refractivity contribution in [2.75, 3.05) is 25.4 Å². The average Bonchev–Trinajstić information content (AvgIpc) is 3.31. The first-order valence-corrected chi connectivity index (χ1v) is 25.0. The Morgan fingerprint density at radius 3 is 1.26 bits per heavy atom. The number of amides is 11. The van der Waals surface area contributed by atoms with E-state index in [-0.39, 0.29) is 56.2 Å². The van der Waals surface area contributed by atoms with Gasteiger partial charge in [0.15, 0.2) is 0 Å². The van der Waals surface area contributed by atoms with E-state index in [1.807, 2.05) is 0 Å².